The van der Waals surface area contributed by atoms with Crippen molar-refractivity contribution in [2.45, 2.75) is 11.6 Å². The SMILES string of the molecule is [CH2]Sc1nnc(Cc2ccccc2)n1-c1ccccc1. The van der Waals surface area contributed by atoms with Gasteiger partial charge in [-0.3, -0.25) is 4.57 Å². The molecule has 1 heterocycles. The second-order valence-electron chi connectivity index (χ2n) is 4.38. The fourth-order valence-electron chi connectivity index (χ4n) is 2.12. The van der Waals surface area contributed by atoms with Gasteiger partial charge in [0.1, 0.15) is 5.82 Å². The first-order chi connectivity index (χ1) is 9.88. The molecule has 20 heavy (non-hydrogen) atoms. The fraction of sp³-hybridized carbons (Fsp3) is 0.0625. The van der Waals surface area contributed by atoms with Crippen LogP contribution in [0.1, 0.15) is 11.4 Å². The van der Waals surface area contributed by atoms with Crippen LogP contribution < -0.4 is 0 Å². The van der Waals surface area contributed by atoms with Crippen molar-refractivity contribution < 1.29 is 0 Å². The molecule has 99 valence electrons. The maximum Gasteiger partial charge on any atom is 0.195 e. The molecule has 1 radical (unpaired) electrons. The van der Waals surface area contributed by atoms with E-state index in [0.29, 0.717) is 0 Å². The Morgan fingerprint density at radius 2 is 1.55 bits per heavy atom. The first-order valence-electron chi connectivity index (χ1n) is 6.34. The highest BCUT2D eigenvalue weighted by molar-refractivity contribution is 8.00. The van der Waals surface area contributed by atoms with Crippen LogP contribution in [-0.2, 0) is 6.42 Å². The summed E-state index contributed by atoms with van der Waals surface area (Å²) in [6.45, 7) is 0. The highest BCUT2D eigenvalue weighted by Crippen LogP contribution is 2.22. The Morgan fingerprint density at radius 3 is 2.20 bits per heavy atom. The van der Waals surface area contributed by atoms with Crippen molar-refractivity contribution in [3.8, 4) is 5.69 Å². The Morgan fingerprint density at radius 1 is 0.900 bits per heavy atom. The molecule has 0 saturated carbocycles. The lowest BCUT2D eigenvalue weighted by Gasteiger charge is -2.09. The summed E-state index contributed by atoms with van der Waals surface area (Å²) in [6, 6.07) is 20.4. The lowest BCUT2D eigenvalue weighted by atomic mass is 10.1. The lowest BCUT2D eigenvalue weighted by Crippen LogP contribution is -2.03. The molecule has 2 aromatic carbocycles. The quantitative estimate of drug-likeness (QED) is 0.682. The highest BCUT2D eigenvalue weighted by Gasteiger charge is 2.13. The molecule has 0 N–H and O–H groups in total. The Labute approximate surface area is 122 Å². The molecule has 0 unspecified atom stereocenters. The van der Waals surface area contributed by atoms with Crippen LogP contribution in [0.5, 0.6) is 0 Å². The van der Waals surface area contributed by atoms with Gasteiger partial charge in [0, 0.05) is 18.4 Å². The van der Waals surface area contributed by atoms with E-state index in [0.717, 1.165) is 23.1 Å². The number of benzene rings is 2. The Balaban J connectivity index is 2.02. The smallest absolute Gasteiger partial charge is 0.195 e. The van der Waals surface area contributed by atoms with Gasteiger partial charge >= 0.3 is 0 Å². The van der Waals surface area contributed by atoms with Crippen LogP contribution in [0.15, 0.2) is 65.8 Å². The number of thioether (sulfide) groups is 1. The van der Waals surface area contributed by atoms with Gasteiger partial charge in [0.2, 0.25) is 0 Å². The summed E-state index contributed by atoms with van der Waals surface area (Å²) < 4.78 is 2.06. The molecule has 3 nitrogen and oxygen atoms in total. The van der Waals surface area contributed by atoms with Gasteiger partial charge in [-0.15, -0.1) is 10.2 Å². The normalized spacial score (nSPS) is 10.7. The first kappa shape index (κ1) is 12.9. The van der Waals surface area contributed by atoms with Crippen LogP contribution >= 0.6 is 11.8 Å². The average molecular weight is 280 g/mol. The molecular weight excluding hydrogens is 266 g/mol. The van der Waals surface area contributed by atoms with Gasteiger partial charge in [-0.2, -0.15) is 0 Å². The zero-order chi connectivity index (χ0) is 13.8. The van der Waals surface area contributed by atoms with Crippen LogP contribution in [0.2, 0.25) is 0 Å². The molecule has 0 fully saturated rings. The molecule has 0 atom stereocenters. The van der Waals surface area contributed by atoms with Crippen LogP contribution in [0, 0.1) is 6.26 Å². The van der Waals surface area contributed by atoms with E-state index in [-0.39, 0.29) is 0 Å². The fourth-order valence-corrected chi connectivity index (χ4v) is 2.56. The van der Waals surface area contributed by atoms with Crippen molar-refractivity contribution in [1.29, 1.82) is 0 Å². The summed E-state index contributed by atoms with van der Waals surface area (Å²) in [7, 11) is 0. The molecule has 4 heteroatoms. The van der Waals surface area contributed by atoms with E-state index in [1.54, 1.807) is 0 Å². The molecule has 0 amide bonds. The third kappa shape index (κ3) is 2.60. The van der Waals surface area contributed by atoms with Crippen LogP contribution in [0.3, 0.4) is 0 Å². The van der Waals surface area contributed by atoms with Gasteiger partial charge in [-0.05, 0) is 17.7 Å². The summed E-state index contributed by atoms with van der Waals surface area (Å²) in [5.74, 6) is 0.925. The summed E-state index contributed by atoms with van der Waals surface area (Å²) in [5.41, 5.74) is 2.28. The zero-order valence-electron chi connectivity index (χ0n) is 10.9. The standard InChI is InChI=1S/C16H14N3S/c1-20-16-18-17-15(12-13-8-4-2-5-9-13)19(16)14-10-6-3-7-11-14/h2-11H,1,12H2. The summed E-state index contributed by atoms with van der Waals surface area (Å²) in [6.07, 6.45) is 4.61. The zero-order valence-corrected chi connectivity index (χ0v) is 11.8. The number of hydrogen-bond donors (Lipinski definition) is 0. The van der Waals surface area contributed by atoms with Crippen LogP contribution in [0.25, 0.3) is 5.69 Å². The molecule has 0 saturated heterocycles. The van der Waals surface area contributed by atoms with E-state index in [4.69, 9.17) is 0 Å². The molecule has 0 aliphatic rings. The predicted octanol–water partition coefficient (Wildman–Crippen LogP) is 3.74. The van der Waals surface area contributed by atoms with Gasteiger partial charge in [-0.1, -0.05) is 60.3 Å². The van der Waals surface area contributed by atoms with E-state index in [1.807, 2.05) is 36.4 Å². The van der Waals surface area contributed by atoms with Crippen molar-refractivity contribution in [2.75, 3.05) is 0 Å². The molecule has 3 aromatic rings. The van der Waals surface area contributed by atoms with E-state index >= 15 is 0 Å². The summed E-state index contributed by atoms with van der Waals surface area (Å²) >= 11 is 1.36. The van der Waals surface area contributed by atoms with Gasteiger partial charge < -0.3 is 0 Å². The number of rotatable bonds is 4. The van der Waals surface area contributed by atoms with Crippen molar-refractivity contribution in [2.24, 2.45) is 0 Å². The molecule has 3 rings (SSSR count). The number of aromatic nitrogens is 3. The maximum atomic E-state index is 4.31. The Kier molecular flexibility index (Phi) is 3.83. The number of nitrogens with zero attached hydrogens (tertiary/aromatic N) is 3. The van der Waals surface area contributed by atoms with Crippen molar-refractivity contribution in [3.63, 3.8) is 0 Å². The topological polar surface area (TPSA) is 30.7 Å². The van der Waals surface area contributed by atoms with Gasteiger partial charge in [0.15, 0.2) is 5.16 Å². The van der Waals surface area contributed by atoms with Crippen LogP contribution in [-0.4, -0.2) is 14.8 Å². The third-order valence-corrected chi connectivity index (χ3v) is 3.57. The monoisotopic (exact) mass is 280 g/mol. The van der Waals surface area contributed by atoms with E-state index in [1.165, 1.54) is 17.3 Å². The van der Waals surface area contributed by atoms with Crippen molar-refractivity contribution in [1.82, 2.24) is 14.8 Å². The second-order valence-corrected chi connectivity index (χ2v) is 5.03. The Bertz CT molecular complexity index is 677. The second kappa shape index (κ2) is 5.92. The van der Waals surface area contributed by atoms with Gasteiger partial charge in [-0.25, -0.2) is 0 Å². The van der Waals surface area contributed by atoms with Crippen molar-refractivity contribution in [3.05, 3.63) is 78.3 Å². The maximum absolute atomic E-state index is 4.31. The van der Waals surface area contributed by atoms with Gasteiger partial charge in [0.05, 0.1) is 0 Å². The summed E-state index contributed by atoms with van der Waals surface area (Å²) in [5, 5.41) is 9.34. The summed E-state index contributed by atoms with van der Waals surface area (Å²) in [4.78, 5) is 0. The predicted molar refractivity (Wildman–Crippen MR) is 81.8 cm³/mol. The molecule has 1 aromatic heterocycles. The molecular formula is C16H14N3S. The van der Waals surface area contributed by atoms with Crippen LogP contribution in [0.4, 0.5) is 0 Å². The minimum atomic E-state index is 0.753. The number of para-hydroxylation sites is 1. The van der Waals surface area contributed by atoms with Crippen molar-refractivity contribution >= 4 is 11.8 Å². The lowest BCUT2D eigenvalue weighted by molar-refractivity contribution is 0.850. The first-order valence-corrected chi connectivity index (χ1v) is 7.32. The molecule has 0 aliphatic heterocycles. The van der Waals surface area contributed by atoms with Gasteiger partial charge in [0.25, 0.3) is 0 Å². The van der Waals surface area contributed by atoms with E-state index in [9.17, 15) is 0 Å². The minimum absolute atomic E-state index is 0.753. The highest BCUT2D eigenvalue weighted by atomic mass is 32.2. The molecule has 0 bridgehead atoms. The van der Waals surface area contributed by atoms with E-state index < -0.39 is 0 Å². The number of hydrogen-bond acceptors (Lipinski definition) is 3. The minimum Gasteiger partial charge on any atom is -0.274 e. The average Bonchev–Trinajstić information content (AvgIpc) is 2.92. The van der Waals surface area contributed by atoms with E-state index in [2.05, 4.69) is 45.3 Å². The Hall–Kier alpha value is -2.07. The molecule has 0 spiro atoms. The third-order valence-electron chi connectivity index (χ3n) is 3.05. The largest absolute Gasteiger partial charge is 0.274 e. The molecule has 0 aliphatic carbocycles.